The fraction of sp³-hybridized carbons (Fsp3) is 0.727. The standard InChI is InChI=1S/C11H20O5/c1-3-9(5-12)11(6-13,7-14)4-8(2)10(15)16/h4,9,12-14H,3,5-7H2,1-2H3,(H,15,16). The van der Waals surface area contributed by atoms with Gasteiger partial charge < -0.3 is 20.4 Å². The van der Waals surface area contributed by atoms with Crippen molar-refractivity contribution in [2.24, 2.45) is 11.3 Å². The highest BCUT2D eigenvalue weighted by molar-refractivity contribution is 5.85. The summed E-state index contributed by atoms with van der Waals surface area (Å²) in [6.07, 6.45) is 1.88. The van der Waals surface area contributed by atoms with E-state index in [1.165, 1.54) is 13.0 Å². The normalized spacial score (nSPS) is 14.9. The molecule has 0 radical (unpaired) electrons. The lowest BCUT2D eigenvalue weighted by Crippen LogP contribution is -2.38. The monoisotopic (exact) mass is 232 g/mol. The summed E-state index contributed by atoms with van der Waals surface area (Å²) in [4.78, 5) is 10.7. The Bertz CT molecular complexity index is 251. The van der Waals surface area contributed by atoms with Crippen LogP contribution in [-0.4, -0.2) is 46.2 Å². The van der Waals surface area contributed by atoms with Crippen molar-refractivity contribution in [2.75, 3.05) is 19.8 Å². The van der Waals surface area contributed by atoms with E-state index >= 15 is 0 Å². The molecule has 94 valence electrons. The van der Waals surface area contributed by atoms with Gasteiger partial charge in [0.25, 0.3) is 0 Å². The van der Waals surface area contributed by atoms with E-state index in [2.05, 4.69) is 0 Å². The van der Waals surface area contributed by atoms with Gasteiger partial charge in [-0.3, -0.25) is 0 Å². The van der Waals surface area contributed by atoms with Gasteiger partial charge in [0.15, 0.2) is 0 Å². The Labute approximate surface area is 95.0 Å². The first-order chi connectivity index (χ1) is 7.47. The Kier molecular flexibility index (Phi) is 6.25. The molecule has 0 aliphatic heterocycles. The van der Waals surface area contributed by atoms with E-state index in [0.29, 0.717) is 6.42 Å². The zero-order valence-corrected chi connectivity index (χ0v) is 9.68. The molecule has 5 nitrogen and oxygen atoms in total. The number of carboxylic acids is 1. The molecule has 0 rings (SSSR count). The van der Waals surface area contributed by atoms with Crippen molar-refractivity contribution >= 4 is 5.97 Å². The molecule has 0 aromatic rings. The first-order valence-corrected chi connectivity index (χ1v) is 5.22. The maximum atomic E-state index is 10.7. The number of rotatable bonds is 7. The number of carboxylic acid groups (broad SMARTS) is 1. The number of aliphatic carboxylic acids is 1. The molecule has 1 unspecified atom stereocenters. The van der Waals surface area contributed by atoms with Crippen molar-refractivity contribution in [3.63, 3.8) is 0 Å². The van der Waals surface area contributed by atoms with Crippen LogP contribution in [0.25, 0.3) is 0 Å². The van der Waals surface area contributed by atoms with E-state index in [1.807, 2.05) is 6.92 Å². The van der Waals surface area contributed by atoms with Crippen LogP contribution >= 0.6 is 0 Å². The second kappa shape index (κ2) is 6.62. The van der Waals surface area contributed by atoms with Gasteiger partial charge in [-0.2, -0.15) is 0 Å². The average Bonchev–Trinajstić information content (AvgIpc) is 2.28. The predicted molar refractivity (Wildman–Crippen MR) is 58.9 cm³/mol. The number of aliphatic hydroxyl groups excluding tert-OH is 3. The van der Waals surface area contributed by atoms with Gasteiger partial charge in [0.2, 0.25) is 0 Å². The lowest BCUT2D eigenvalue weighted by Gasteiger charge is -2.34. The molecule has 0 aliphatic carbocycles. The minimum Gasteiger partial charge on any atom is -0.478 e. The third-order valence-electron chi connectivity index (χ3n) is 2.96. The molecule has 0 bridgehead atoms. The summed E-state index contributed by atoms with van der Waals surface area (Å²) >= 11 is 0. The number of aliphatic hydroxyl groups is 3. The number of hydrogen-bond donors (Lipinski definition) is 4. The summed E-state index contributed by atoms with van der Waals surface area (Å²) in [5, 5.41) is 36.6. The quantitative estimate of drug-likeness (QED) is 0.463. The zero-order chi connectivity index (χ0) is 12.8. The van der Waals surface area contributed by atoms with Crippen molar-refractivity contribution in [2.45, 2.75) is 20.3 Å². The van der Waals surface area contributed by atoms with Crippen molar-refractivity contribution in [1.82, 2.24) is 0 Å². The Morgan fingerprint density at radius 2 is 1.81 bits per heavy atom. The second-order valence-electron chi connectivity index (χ2n) is 3.97. The van der Waals surface area contributed by atoms with E-state index in [4.69, 9.17) is 5.11 Å². The predicted octanol–water partition coefficient (Wildman–Crippen LogP) is 0.00680. The lowest BCUT2D eigenvalue weighted by molar-refractivity contribution is -0.132. The fourth-order valence-electron chi connectivity index (χ4n) is 1.73. The summed E-state index contributed by atoms with van der Waals surface area (Å²) < 4.78 is 0. The van der Waals surface area contributed by atoms with Crippen molar-refractivity contribution < 1.29 is 25.2 Å². The summed E-state index contributed by atoms with van der Waals surface area (Å²) in [6.45, 7) is 2.21. The van der Waals surface area contributed by atoms with Crippen LogP contribution in [0.4, 0.5) is 0 Å². The van der Waals surface area contributed by atoms with Crippen molar-refractivity contribution in [3.8, 4) is 0 Å². The van der Waals surface area contributed by atoms with Gasteiger partial charge in [-0.1, -0.05) is 19.4 Å². The zero-order valence-electron chi connectivity index (χ0n) is 9.68. The van der Waals surface area contributed by atoms with Crippen LogP contribution < -0.4 is 0 Å². The van der Waals surface area contributed by atoms with Gasteiger partial charge in [0.1, 0.15) is 0 Å². The van der Waals surface area contributed by atoms with E-state index in [9.17, 15) is 20.1 Å². The Hall–Kier alpha value is -0.910. The molecule has 5 heteroatoms. The van der Waals surface area contributed by atoms with Gasteiger partial charge in [-0.05, 0) is 12.8 Å². The molecular formula is C11H20O5. The van der Waals surface area contributed by atoms with Crippen LogP contribution in [0.3, 0.4) is 0 Å². The second-order valence-corrected chi connectivity index (χ2v) is 3.97. The molecule has 0 saturated heterocycles. The van der Waals surface area contributed by atoms with E-state index < -0.39 is 24.6 Å². The van der Waals surface area contributed by atoms with Crippen LogP contribution in [-0.2, 0) is 4.79 Å². The molecule has 0 saturated carbocycles. The van der Waals surface area contributed by atoms with Gasteiger partial charge in [-0.15, -0.1) is 0 Å². The molecule has 0 aromatic carbocycles. The molecule has 0 spiro atoms. The maximum Gasteiger partial charge on any atom is 0.330 e. The Morgan fingerprint density at radius 3 is 2.06 bits per heavy atom. The molecule has 0 fully saturated rings. The molecule has 0 aromatic heterocycles. The van der Waals surface area contributed by atoms with Crippen molar-refractivity contribution in [1.29, 1.82) is 0 Å². The summed E-state index contributed by atoms with van der Waals surface area (Å²) in [5.41, 5.74) is -1.03. The third kappa shape index (κ3) is 3.30. The Morgan fingerprint density at radius 1 is 1.31 bits per heavy atom. The number of hydrogen-bond acceptors (Lipinski definition) is 4. The molecule has 0 aliphatic rings. The summed E-state index contributed by atoms with van der Waals surface area (Å²) in [7, 11) is 0. The van der Waals surface area contributed by atoms with Crippen LogP contribution in [0, 0.1) is 11.3 Å². The Balaban J connectivity index is 5.24. The van der Waals surface area contributed by atoms with E-state index in [-0.39, 0.29) is 18.1 Å². The van der Waals surface area contributed by atoms with Gasteiger partial charge in [0.05, 0.1) is 13.2 Å². The first-order valence-electron chi connectivity index (χ1n) is 5.22. The smallest absolute Gasteiger partial charge is 0.330 e. The average molecular weight is 232 g/mol. The minimum atomic E-state index is -1.10. The van der Waals surface area contributed by atoms with E-state index in [0.717, 1.165) is 0 Å². The SMILES string of the molecule is CCC(CO)C(C=C(C)C(=O)O)(CO)CO. The largest absolute Gasteiger partial charge is 0.478 e. The first kappa shape index (κ1) is 15.1. The maximum absolute atomic E-state index is 10.7. The molecule has 1 atom stereocenters. The van der Waals surface area contributed by atoms with Gasteiger partial charge in [-0.25, -0.2) is 4.79 Å². The van der Waals surface area contributed by atoms with E-state index in [1.54, 1.807) is 0 Å². The highest BCUT2D eigenvalue weighted by atomic mass is 16.4. The van der Waals surface area contributed by atoms with Gasteiger partial charge in [0, 0.05) is 17.6 Å². The van der Waals surface area contributed by atoms with Crippen LogP contribution in [0.1, 0.15) is 20.3 Å². The molecule has 16 heavy (non-hydrogen) atoms. The van der Waals surface area contributed by atoms with Crippen molar-refractivity contribution in [3.05, 3.63) is 11.6 Å². The molecule has 4 N–H and O–H groups in total. The van der Waals surface area contributed by atoms with Gasteiger partial charge >= 0.3 is 5.97 Å². The number of carbonyl (C=O) groups is 1. The van der Waals surface area contributed by atoms with Crippen LogP contribution in [0.15, 0.2) is 11.6 Å². The molecule has 0 heterocycles. The van der Waals surface area contributed by atoms with Crippen LogP contribution in [0.5, 0.6) is 0 Å². The highest BCUT2D eigenvalue weighted by Gasteiger charge is 2.35. The topological polar surface area (TPSA) is 98.0 Å². The highest BCUT2D eigenvalue weighted by Crippen LogP contribution is 2.32. The van der Waals surface area contributed by atoms with Crippen LogP contribution in [0.2, 0.25) is 0 Å². The summed E-state index contributed by atoms with van der Waals surface area (Å²) in [5.74, 6) is -1.46. The summed E-state index contributed by atoms with van der Waals surface area (Å²) in [6, 6.07) is 0. The molecular weight excluding hydrogens is 212 g/mol. The lowest BCUT2D eigenvalue weighted by atomic mass is 9.74. The minimum absolute atomic E-state index is 0.0509. The third-order valence-corrected chi connectivity index (χ3v) is 2.96. The molecule has 0 amide bonds. The fourth-order valence-corrected chi connectivity index (χ4v) is 1.73.